The first-order valence-corrected chi connectivity index (χ1v) is 10.8. The number of likely N-dealkylation sites (tertiary alicyclic amines) is 1. The molecule has 0 aromatic carbocycles. The number of aromatic nitrogens is 1. The van der Waals surface area contributed by atoms with Crippen LogP contribution in [-0.2, 0) is 13.0 Å². The topological polar surface area (TPSA) is 52.6 Å². The van der Waals surface area contributed by atoms with Gasteiger partial charge in [0.1, 0.15) is 0 Å². The molecule has 3 rings (SSSR count). The highest BCUT2D eigenvalue weighted by molar-refractivity contribution is 14.0. The van der Waals surface area contributed by atoms with Crippen molar-refractivity contribution >= 4 is 41.3 Å². The molecule has 0 radical (unpaired) electrons. The predicted molar refractivity (Wildman–Crippen MR) is 122 cm³/mol. The molecule has 0 amide bonds. The van der Waals surface area contributed by atoms with Gasteiger partial charge in [0.15, 0.2) is 5.96 Å². The molecule has 2 fully saturated rings. The minimum Gasteiger partial charge on any atom is -0.356 e. The van der Waals surface area contributed by atoms with E-state index in [9.17, 15) is 0 Å². The number of hydrogen-bond acceptors (Lipinski definition) is 4. The fraction of sp³-hybridized carbons (Fsp3) is 0.789. The van der Waals surface area contributed by atoms with Gasteiger partial charge in [0.2, 0.25) is 0 Å². The van der Waals surface area contributed by atoms with Crippen LogP contribution in [0, 0.1) is 5.92 Å². The van der Waals surface area contributed by atoms with Crippen molar-refractivity contribution in [2.24, 2.45) is 10.9 Å². The van der Waals surface area contributed by atoms with Crippen LogP contribution in [0.5, 0.6) is 0 Å². The van der Waals surface area contributed by atoms with E-state index in [-0.39, 0.29) is 24.0 Å². The maximum Gasteiger partial charge on any atom is 0.191 e. The number of aryl methyl sites for hydroxylation is 1. The van der Waals surface area contributed by atoms with Crippen LogP contribution in [0.3, 0.4) is 0 Å². The van der Waals surface area contributed by atoms with E-state index in [4.69, 9.17) is 4.98 Å². The SMILES string of the molecule is CCc1nc(CN2CCC(CNC(=NC)NC3CCCC3)CC2)cs1.I. The number of aliphatic imine (C=N–C) groups is 1. The van der Waals surface area contributed by atoms with Gasteiger partial charge >= 0.3 is 0 Å². The summed E-state index contributed by atoms with van der Waals surface area (Å²) in [6.45, 7) is 6.59. The van der Waals surface area contributed by atoms with Gasteiger partial charge in [-0.3, -0.25) is 9.89 Å². The summed E-state index contributed by atoms with van der Waals surface area (Å²) in [6.07, 6.45) is 8.85. The van der Waals surface area contributed by atoms with Crippen molar-refractivity contribution in [3.05, 3.63) is 16.1 Å². The maximum absolute atomic E-state index is 4.70. The van der Waals surface area contributed by atoms with Crippen LogP contribution >= 0.6 is 35.3 Å². The average molecular weight is 491 g/mol. The van der Waals surface area contributed by atoms with Gasteiger partial charge in [-0.1, -0.05) is 19.8 Å². The summed E-state index contributed by atoms with van der Waals surface area (Å²) in [5.41, 5.74) is 1.25. The second kappa shape index (κ2) is 11.4. The molecule has 0 atom stereocenters. The van der Waals surface area contributed by atoms with Crippen LogP contribution in [-0.4, -0.2) is 48.6 Å². The molecule has 2 N–H and O–H groups in total. The van der Waals surface area contributed by atoms with Crippen LogP contribution in [0.15, 0.2) is 10.4 Å². The zero-order valence-electron chi connectivity index (χ0n) is 16.2. The second-order valence-electron chi connectivity index (χ2n) is 7.38. The number of hydrogen-bond donors (Lipinski definition) is 2. The Morgan fingerprint density at radius 2 is 2.00 bits per heavy atom. The lowest BCUT2D eigenvalue weighted by atomic mass is 9.97. The van der Waals surface area contributed by atoms with Crippen molar-refractivity contribution in [2.45, 2.75) is 64.5 Å². The fourth-order valence-corrected chi connectivity index (χ4v) is 4.60. The van der Waals surface area contributed by atoms with Crippen LogP contribution in [0.1, 0.15) is 56.2 Å². The zero-order valence-corrected chi connectivity index (χ0v) is 19.3. The Morgan fingerprint density at radius 3 is 2.62 bits per heavy atom. The Labute approximate surface area is 179 Å². The highest BCUT2D eigenvalue weighted by atomic mass is 127. The fourth-order valence-electron chi connectivity index (χ4n) is 3.86. The van der Waals surface area contributed by atoms with Crippen LogP contribution in [0.4, 0.5) is 0 Å². The van der Waals surface area contributed by atoms with E-state index >= 15 is 0 Å². The Balaban J connectivity index is 0.00000243. The number of piperidine rings is 1. The van der Waals surface area contributed by atoms with Crippen molar-refractivity contribution in [1.29, 1.82) is 0 Å². The first-order chi connectivity index (χ1) is 12.3. The number of thiazole rings is 1. The van der Waals surface area contributed by atoms with Crippen LogP contribution in [0.2, 0.25) is 0 Å². The summed E-state index contributed by atoms with van der Waals surface area (Å²) < 4.78 is 0. The third kappa shape index (κ3) is 6.64. The molecule has 148 valence electrons. The summed E-state index contributed by atoms with van der Waals surface area (Å²) in [5.74, 6) is 1.74. The van der Waals surface area contributed by atoms with Crippen molar-refractivity contribution in [2.75, 3.05) is 26.7 Å². The van der Waals surface area contributed by atoms with Crippen molar-refractivity contribution in [3.63, 3.8) is 0 Å². The van der Waals surface area contributed by atoms with E-state index < -0.39 is 0 Å². The minimum absolute atomic E-state index is 0. The third-order valence-corrected chi connectivity index (χ3v) is 6.51. The number of rotatable bonds is 6. The lowest BCUT2D eigenvalue weighted by molar-refractivity contribution is 0.176. The van der Waals surface area contributed by atoms with Gasteiger partial charge in [-0.05, 0) is 51.1 Å². The maximum atomic E-state index is 4.70. The highest BCUT2D eigenvalue weighted by Crippen LogP contribution is 2.20. The van der Waals surface area contributed by atoms with E-state index in [0.29, 0.717) is 6.04 Å². The number of guanidine groups is 1. The van der Waals surface area contributed by atoms with Gasteiger partial charge in [0.25, 0.3) is 0 Å². The van der Waals surface area contributed by atoms with Gasteiger partial charge in [0, 0.05) is 31.6 Å². The molecule has 1 aliphatic carbocycles. The van der Waals surface area contributed by atoms with Gasteiger partial charge in [-0.15, -0.1) is 35.3 Å². The Bertz CT molecular complexity index is 548. The molecule has 1 saturated carbocycles. The number of nitrogens with one attached hydrogen (secondary N) is 2. The Hall–Kier alpha value is -0.410. The molecule has 1 aromatic rings. The third-order valence-electron chi connectivity index (χ3n) is 5.47. The molecule has 1 aromatic heterocycles. The molecule has 1 saturated heterocycles. The Morgan fingerprint density at radius 1 is 1.27 bits per heavy atom. The Kier molecular flexibility index (Phi) is 9.63. The minimum atomic E-state index is 0. The smallest absolute Gasteiger partial charge is 0.191 e. The van der Waals surface area contributed by atoms with E-state index in [0.717, 1.165) is 31.4 Å². The summed E-state index contributed by atoms with van der Waals surface area (Å²) in [6, 6.07) is 0.624. The quantitative estimate of drug-likeness (QED) is 0.363. The lowest BCUT2D eigenvalue weighted by Gasteiger charge is -2.32. The summed E-state index contributed by atoms with van der Waals surface area (Å²) in [4.78, 5) is 11.6. The molecule has 0 spiro atoms. The van der Waals surface area contributed by atoms with Crippen molar-refractivity contribution in [1.82, 2.24) is 20.5 Å². The molecule has 2 heterocycles. The molecule has 26 heavy (non-hydrogen) atoms. The summed E-state index contributed by atoms with van der Waals surface area (Å²) in [7, 11) is 1.88. The number of halogens is 1. The number of nitrogens with zero attached hydrogens (tertiary/aromatic N) is 3. The molecule has 7 heteroatoms. The lowest BCUT2D eigenvalue weighted by Crippen LogP contribution is -2.45. The first kappa shape index (κ1) is 21.9. The first-order valence-electron chi connectivity index (χ1n) is 9.89. The van der Waals surface area contributed by atoms with Crippen molar-refractivity contribution in [3.8, 4) is 0 Å². The molecule has 1 aliphatic heterocycles. The molecular weight excluding hydrogens is 457 g/mol. The normalized spacial score (nSPS) is 20.2. The molecule has 2 aliphatic rings. The highest BCUT2D eigenvalue weighted by Gasteiger charge is 2.21. The predicted octanol–water partition coefficient (Wildman–Crippen LogP) is 3.64. The van der Waals surface area contributed by atoms with Gasteiger partial charge in [0.05, 0.1) is 10.7 Å². The van der Waals surface area contributed by atoms with E-state index in [2.05, 4.69) is 32.8 Å². The molecular formula is C19H34IN5S. The molecule has 0 bridgehead atoms. The monoisotopic (exact) mass is 491 g/mol. The second-order valence-corrected chi connectivity index (χ2v) is 8.33. The van der Waals surface area contributed by atoms with Crippen molar-refractivity contribution < 1.29 is 0 Å². The zero-order chi connectivity index (χ0) is 17.5. The van der Waals surface area contributed by atoms with E-state index in [1.54, 1.807) is 11.3 Å². The van der Waals surface area contributed by atoms with Gasteiger partial charge in [-0.2, -0.15) is 0 Å². The largest absolute Gasteiger partial charge is 0.356 e. The summed E-state index contributed by atoms with van der Waals surface area (Å²) in [5, 5.41) is 10.6. The molecule has 0 unspecified atom stereocenters. The van der Waals surface area contributed by atoms with Crippen LogP contribution in [0.25, 0.3) is 0 Å². The van der Waals surface area contributed by atoms with Crippen LogP contribution < -0.4 is 10.6 Å². The van der Waals surface area contributed by atoms with Gasteiger partial charge in [-0.25, -0.2) is 4.98 Å². The standard InChI is InChI=1S/C19H33N5S.HI/c1-3-18-22-17(14-25-18)13-24-10-8-15(9-11-24)12-21-19(20-2)23-16-6-4-5-7-16;/h14-16H,3-13H2,1-2H3,(H2,20,21,23);1H. The van der Waals surface area contributed by atoms with E-state index in [1.807, 2.05) is 7.05 Å². The van der Waals surface area contributed by atoms with E-state index in [1.165, 1.54) is 62.3 Å². The summed E-state index contributed by atoms with van der Waals surface area (Å²) >= 11 is 1.80. The molecule has 5 nitrogen and oxygen atoms in total. The van der Waals surface area contributed by atoms with Gasteiger partial charge < -0.3 is 10.6 Å². The average Bonchev–Trinajstić information content (AvgIpc) is 3.31.